The molecule has 1 saturated heterocycles. The quantitative estimate of drug-likeness (QED) is 0.647. The smallest absolute Gasteiger partial charge is 0.129 e. The molecule has 0 aromatic heterocycles. The third kappa shape index (κ3) is 2.94. The molecular formula is C10H18O2. The van der Waals surface area contributed by atoms with Crippen molar-refractivity contribution in [3.8, 4) is 0 Å². The lowest BCUT2D eigenvalue weighted by Crippen LogP contribution is -2.22. The molecule has 0 aromatic carbocycles. The maximum absolute atomic E-state index is 10.7. The van der Waals surface area contributed by atoms with E-state index in [1.165, 1.54) is 6.42 Å². The third-order valence-electron chi connectivity index (χ3n) is 2.53. The van der Waals surface area contributed by atoms with E-state index < -0.39 is 0 Å². The molecule has 0 N–H and O–H groups in total. The summed E-state index contributed by atoms with van der Waals surface area (Å²) in [5.41, 5.74) is 0.0788. The van der Waals surface area contributed by atoms with Crippen molar-refractivity contribution in [3.63, 3.8) is 0 Å². The lowest BCUT2D eigenvalue weighted by molar-refractivity contribution is -0.117. The van der Waals surface area contributed by atoms with Gasteiger partial charge in [0.05, 0.1) is 5.60 Å². The van der Waals surface area contributed by atoms with E-state index >= 15 is 0 Å². The van der Waals surface area contributed by atoms with Crippen molar-refractivity contribution < 1.29 is 9.53 Å². The second kappa shape index (κ2) is 4.04. The average molecular weight is 170 g/mol. The van der Waals surface area contributed by atoms with Gasteiger partial charge in [-0.15, -0.1) is 0 Å². The number of hydrogen-bond acceptors (Lipinski definition) is 2. The molecule has 0 amide bonds. The first-order valence-corrected chi connectivity index (χ1v) is 4.76. The minimum Gasteiger partial charge on any atom is -0.375 e. The predicted molar refractivity (Wildman–Crippen MR) is 48.1 cm³/mol. The standard InChI is InChI=1S/C10H18O2/c1-9(11)5-3-6-10(2)7-4-8-12-10/h3-8H2,1-2H3. The van der Waals surface area contributed by atoms with Crippen molar-refractivity contribution in [2.45, 2.75) is 51.6 Å². The van der Waals surface area contributed by atoms with Gasteiger partial charge in [-0.2, -0.15) is 0 Å². The molecule has 0 aliphatic carbocycles. The van der Waals surface area contributed by atoms with E-state index in [2.05, 4.69) is 6.92 Å². The first-order chi connectivity index (χ1) is 5.62. The summed E-state index contributed by atoms with van der Waals surface area (Å²) in [6.07, 6.45) is 5.05. The number of rotatable bonds is 4. The molecule has 1 fully saturated rings. The van der Waals surface area contributed by atoms with Crippen LogP contribution < -0.4 is 0 Å². The molecule has 70 valence electrons. The zero-order chi connectivity index (χ0) is 9.03. The average Bonchev–Trinajstić information content (AvgIpc) is 2.35. The van der Waals surface area contributed by atoms with Gasteiger partial charge < -0.3 is 9.53 Å². The summed E-state index contributed by atoms with van der Waals surface area (Å²) in [5.74, 6) is 0.289. The molecule has 1 atom stereocenters. The molecule has 0 saturated carbocycles. The summed E-state index contributed by atoms with van der Waals surface area (Å²) in [4.78, 5) is 10.7. The Labute approximate surface area is 74.3 Å². The molecule has 1 aliphatic rings. The second-order valence-electron chi connectivity index (χ2n) is 3.96. The van der Waals surface area contributed by atoms with Gasteiger partial charge in [-0.05, 0) is 39.5 Å². The summed E-state index contributed by atoms with van der Waals surface area (Å²) >= 11 is 0. The Balaban J connectivity index is 2.17. The van der Waals surface area contributed by atoms with Gasteiger partial charge in [0.25, 0.3) is 0 Å². The van der Waals surface area contributed by atoms with E-state index in [0.717, 1.165) is 25.9 Å². The fraction of sp³-hybridized carbons (Fsp3) is 0.900. The predicted octanol–water partition coefficient (Wildman–Crippen LogP) is 2.31. The van der Waals surface area contributed by atoms with Crippen LogP contribution in [-0.2, 0) is 9.53 Å². The van der Waals surface area contributed by atoms with Crippen molar-refractivity contribution >= 4 is 5.78 Å². The van der Waals surface area contributed by atoms with Crippen LogP contribution in [0.25, 0.3) is 0 Å². The monoisotopic (exact) mass is 170 g/mol. The molecule has 1 heterocycles. The Morgan fingerprint density at radius 2 is 2.33 bits per heavy atom. The molecule has 2 heteroatoms. The van der Waals surface area contributed by atoms with Crippen molar-refractivity contribution in [2.75, 3.05) is 6.61 Å². The Bertz CT molecular complexity index is 157. The zero-order valence-corrected chi connectivity index (χ0v) is 8.06. The van der Waals surface area contributed by atoms with Crippen molar-refractivity contribution in [1.82, 2.24) is 0 Å². The molecule has 0 radical (unpaired) electrons. The number of Topliss-reactive ketones (excluding diaryl/α,β-unsaturated/α-hetero) is 1. The summed E-state index contributed by atoms with van der Waals surface area (Å²) in [6.45, 7) is 4.70. The SMILES string of the molecule is CC(=O)CCCC1(C)CCCO1. The highest BCUT2D eigenvalue weighted by molar-refractivity contribution is 5.75. The molecule has 2 nitrogen and oxygen atoms in total. The van der Waals surface area contributed by atoms with Gasteiger partial charge in [0.2, 0.25) is 0 Å². The van der Waals surface area contributed by atoms with Gasteiger partial charge in [-0.25, -0.2) is 0 Å². The fourth-order valence-corrected chi connectivity index (χ4v) is 1.75. The Kier molecular flexibility index (Phi) is 3.27. The highest BCUT2D eigenvalue weighted by Crippen LogP contribution is 2.29. The number of carbonyl (C=O) groups is 1. The second-order valence-corrected chi connectivity index (χ2v) is 3.96. The largest absolute Gasteiger partial charge is 0.375 e. The van der Waals surface area contributed by atoms with E-state index in [1.807, 2.05) is 0 Å². The summed E-state index contributed by atoms with van der Waals surface area (Å²) < 4.78 is 5.61. The third-order valence-corrected chi connectivity index (χ3v) is 2.53. The van der Waals surface area contributed by atoms with E-state index in [4.69, 9.17) is 4.74 Å². The molecule has 0 bridgehead atoms. The van der Waals surface area contributed by atoms with Gasteiger partial charge in [-0.3, -0.25) is 0 Å². The maximum atomic E-state index is 10.7. The molecule has 1 unspecified atom stereocenters. The van der Waals surface area contributed by atoms with Crippen molar-refractivity contribution in [1.29, 1.82) is 0 Å². The Morgan fingerprint density at radius 3 is 2.83 bits per heavy atom. The van der Waals surface area contributed by atoms with Crippen LogP contribution in [0.3, 0.4) is 0 Å². The van der Waals surface area contributed by atoms with Crippen molar-refractivity contribution in [3.05, 3.63) is 0 Å². The first kappa shape index (κ1) is 9.72. The lowest BCUT2D eigenvalue weighted by Gasteiger charge is -2.22. The molecule has 1 aliphatic heterocycles. The van der Waals surface area contributed by atoms with Gasteiger partial charge >= 0.3 is 0 Å². The van der Waals surface area contributed by atoms with Gasteiger partial charge in [0.15, 0.2) is 0 Å². The molecule has 0 aromatic rings. The van der Waals surface area contributed by atoms with Crippen LogP contribution in [0.15, 0.2) is 0 Å². The van der Waals surface area contributed by atoms with E-state index in [0.29, 0.717) is 6.42 Å². The van der Waals surface area contributed by atoms with Crippen LogP contribution in [0, 0.1) is 0 Å². The maximum Gasteiger partial charge on any atom is 0.129 e. The minimum absolute atomic E-state index is 0.0788. The van der Waals surface area contributed by atoms with Crippen LogP contribution in [0.2, 0.25) is 0 Å². The molecule has 1 rings (SSSR count). The highest BCUT2D eigenvalue weighted by Gasteiger charge is 2.28. The van der Waals surface area contributed by atoms with Gasteiger partial charge in [-0.1, -0.05) is 0 Å². The normalized spacial score (nSPS) is 29.2. The van der Waals surface area contributed by atoms with Crippen LogP contribution in [0.4, 0.5) is 0 Å². The molecule has 0 spiro atoms. The van der Waals surface area contributed by atoms with E-state index in [9.17, 15) is 4.79 Å². The minimum atomic E-state index is 0.0788. The van der Waals surface area contributed by atoms with Crippen LogP contribution in [0.1, 0.15) is 46.0 Å². The van der Waals surface area contributed by atoms with Crippen LogP contribution >= 0.6 is 0 Å². The lowest BCUT2D eigenvalue weighted by atomic mass is 9.95. The Hall–Kier alpha value is -0.370. The molecule has 12 heavy (non-hydrogen) atoms. The fourth-order valence-electron chi connectivity index (χ4n) is 1.75. The highest BCUT2D eigenvalue weighted by atomic mass is 16.5. The summed E-state index contributed by atoms with van der Waals surface area (Å²) in [6, 6.07) is 0. The first-order valence-electron chi connectivity index (χ1n) is 4.76. The van der Waals surface area contributed by atoms with Gasteiger partial charge in [0, 0.05) is 13.0 Å². The van der Waals surface area contributed by atoms with Crippen molar-refractivity contribution in [2.24, 2.45) is 0 Å². The molecular weight excluding hydrogens is 152 g/mol. The zero-order valence-electron chi connectivity index (χ0n) is 8.06. The van der Waals surface area contributed by atoms with Crippen LogP contribution in [-0.4, -0.2) is 18.0 Å². The summed E-state index contributed by atoms with van der Waals surface area (Å²) in [5, 5.41) is 0. The summed E-state index contributed by atoms with van der Waals surface area (Å²) in [7, 11) is 0. The van der Waals surface area contributed by atoms with E-state index in [1.54, 1.807) is 6.92 Å². The topological polar surface area (TPSA) is 26.3 Å². The number of ether oxygens (including phenoxy) is 1. The number of carbonyl (C=O) groups excluding carboxylic acids is 1. The van der Waals surface area contributed by atoms with Crippen LogP contribution in [0.5, 0.6) is 0 Å². The Morgan fingerprint density at radius 1 is 1.58 bits per heavy atom. The number of ketones is 1. The van der Waals surface area contributed by atoms with E-state index in [-0.39, 0.29) is 11.4 Å². The number of hydrogen-bond donors (Lipinski definition) is 0. The van der Waals surface area contributed by atoms with Gasteiger partial charge in [0.1, 0.15) is 5.78 Å².